The Morgan fingerprint density at radius 2 is 2.33 bits per heavy atom. The number of nitrogens with zero attached hydrogens (tertiary/aromatic N) is 1. The molecule has 0 saturated heterocycles. The first-order valence-corrected chi connectivity index (χ1v) is 5.25. The van der Waals surface area contributed by atoms with Crippen molar-refractivity contribution in [1.29, 1.82) is 0 Å². The Labute approximate surface area is 93.2 Å². The van der Waals surface area contributed by atoms with Crippen molar-refractivity contribution in [3.63, 3.8) is 0 Å². The largest absolute Gasteiger partial charge is 0.472 e. The van der Waals surface area contributed by atoms with E-state index in [1.807, 2.05) is 13.0 Å². The van der Waals surface area contributed by atoms with Gasteiger partial charge in [0.15, 0.2) is 0 Å². The summed E-state index contributed by atoms with van der Waals surface area (Å²) < 4.78 is 5.67. The minimum absolute atomic E-state index is 0.654. The highest BCUT2D eigenvalue weighted by Crippen LogP contribution is 2.17. The summed E-state index contributed by atoms with van der Waals surface area (Å²) in [5.41, 5.74) is 3.11. The Kier molecular flexibility index (Phi) is 2.68. The van der Waals surface area contributed by atoms with E-state index in [2.05, 4.69) is 16.9 Å². The highest BCUT2D eigenvalue weighted by molar-refractivity contribution is 7.71. The predicted octanol–water partition coefficient (Wildman–Crippen LogP) is 3.27. The lowest BCUT2D eigenvalue weighted by Crippen LogP contribution is -1.98. The number of rotatable bonds is 2. The van der Waals surface area contributed by atoms with Crippen LogP contribution >= 0.6 is 12.2 Å². The van der Waals surface area contributed by atoms with Gasteiger partial charge in [0, 0.05) is 11.3 Å². The third kappa shape index (κ3) is 1.85. The Morgan fingerprint density at radius 3 is 2.93 bits per heavy atom. The molecule has 78 valence electrons. The van der Waals surface area contributed by atoms with Crippen molar-refractivity contribution >= 4 is 12.2 Å². The van der Waals surface area contributed by atoms with Gasteiger partial charge in [0.1, 0.15) is 16.7 Å². The molecule has 0 aliphatic carbocycles. The molecule has 0 atom stereocenters. The Balaban J connectivity index is 2.61. The molecule has 1 N–H and O–H groups in total. The van der Waals surface area contributed by atoms with Crippen molar-refractivity contribution in [2.24, 2.45) is 0 Å². The Morgan fingerprint density at radius 1 is 1.53 bits per heavy atom. The van der Waals surface area contributed by atoms with Crippen LogP contribution in [0.5, 0.6) is 0 Å². The van der Waals surface area contributed by atoms with Gasteiger partial charge >= 0.3 is 0 Å². The average Bonchev–Trinajstić information content (AvgIpc) is 2.75. The van der Waals surface area contributed by atoms with Crippen LogP contribution in [0.3, 0.4) is 0 Å². The molecular formula is C11H12N2OS. The zero-order valence-corrected chi connectivity index (χ0v) is 9.52. The van der Waals surface area contributed by atoms with Crippen LogP contribution in [0.1, 0.15) is 18.2 Å². The van der Waals surface area contributed by atoms with E-state index in [1.165, 1.54) is 0 Å². The molecule has 4 heteroatoms. The molecule has 15 heavy (non-hydrogen) atoms. The van der Waals surface area contributed by atoms with Gasteiger partial charge in [-0.2, -0.15) is 0 Å². The summed E-state index contributed by atoms with van der Waals surface area (Å²) >= 11 is 5.21. The van der Waals surface area contributed by atoms with E-state index < -0.39 is 0 Å². The van der Waals surface area contributed by atoms with Crippen LogP contribution in [0.25, 0.3) is 11.4 Å². The van der Waals surface area contributed by atoms with Crippen molar-refractivity contribution < 1.29 is 4.42 Å². The van der Waals surface area contributed by atoms with Crippen molar-refractivity contribution in [2.75, 3.05) is 0 Å². The average molecular weight is 220 g/mol. The molecule has 0 aromatic carbocycles. The quantitative estimate of drug-likeness (QED) is 0.790. The van der Waals surface area contributed by atoms with Crippen molar-refractivity contribution in [3.05, 3.63) is 34.5 Å². The van der Waals surface area contributed by atoms with E-state index in [0.29, 0.717) is 4.64 Å². The van der Waals surface area contributed by atoms with E-state index in [0.717, 1.165) is 29.1 Å². The second-order valence-electron chi connectivity index (χ2n) is 3.36. The van der Waals surface area contributed by atoms with Gasteiger partial charge in [-0.05, 0) is 19.4 Å². The van der Waals surface area contributed by atoms with Crippen LogP contribution in [0, 0.1) is 11.6 Å². The Hall–Kier alpha value is -1.42. The van der Waals surface area contributed by atoms with Gasteiger partial charge in [0.2, 0.25) is 0 Å². The minimum atomic E-state index is 0.654. The van der Waals surface area contributed by atoms with Gasteiger partial charge in [-0.25, -0.2) is 4.98 Å². The smallest absolute Gasteiger partial charge is 0.142 e. The van der Waals surface area contributed by atoms with Crippen LogP contribution in [-0.4, -0.2) is 9.97 Å². The normalized spacial score (nSPS) is 10.5. The van der Waals surface area contributed by atoms with E-state index in [4.69, 9.17) is 16.6 Å². The first-order valence-electron chi connectivity index (χ1n) is 4.84. The molecule has 0 radical (unpaired) electrons. The number of aromatic nitrogens is 2. The SMILES string of the molecule is CCc1[nH]c(-c2ccoc2)nc(=S)c1C. The summed E-state index contributed by atoms with van der Waals surface area (Å²) in [6.45, 7) is 4.08. The van der Waals surface area contributed by atoms with E-state index in [9.17, 15) is 0 Å². The van der Waals surface area contributed by atoms with E-state index >= 15 is 0 Å². The fourth-order valence-electron chi connectivity index (χ4n) is 1.47. The highest BCUT2D eigenvalue weighted by atomic mass is 32.1. The van der Waals surface area contributed by atoms with Gasteiger partial charge in [0.05, 0.1) is 11.8 Å². The molecule has 0 bridgehead atoms. The standard InChI is InChI=1S/C11H12N2OS/c1-3-9-7(2)11(15)13-10(12-9)8-4-5-14-6-8/h4-6H,3H2,1-2H3,(H,12,13,15). The summed E-state index contributed by atoms with van der Waals surface area (Å²) in [6.07, 6.45) is 4.20. The van der Waals surface area contributed by atoms with Gasteiger partial charge < -0.3 is 9.40 Å². The van der Waals surface area contributed by atoms with Gasteiger partial charge in [-0.3, -0.25) is 0 Å². The number of aryl methyl sites for hydroxylation is 1. The third-order valence-corrected chi connectivity index (χ3v) is 2.80. The third-order valence-electron chi connectivity index (χ3n) is 2.40. The molecular weight excluding hydrogens is 208 g/mol. The second-order valence-corrected chi connectivity index (χ2v) is 3.75. The molecule has 0 spiro atoms. The molecule has 2 heterocycles. The first-order chi connectivity index (χ1) is 7.22. The van der Waals surface area contributed by atoms with Crippen molar-refractivity contribution in [1.82, 2.24) is 9.97 Å². The van der Waals surface area contributed by atoms with Gasteiger partial charge in [0.25, 0.3) is 0 Å². The summed E-state index contributed by atoms with van der Waals surface area (Å²) in [5.74, 6) is 0.774. The number of furan rings is 1. The lowest BCUT2D eigenvalue weighted by Gasteiger charge is -2.05. The predicted molar refractivity (Wildman–Crippen MR) is 61.2 cm³/mol. The molecule has 2 rings (SSSR count). The molecule has 0 saturated carbocycles. The molecule has 0 amide bonds. The van der Waals surface area contributed by atoms with Crippen LogP contribution in [-0.2, 0) is 6.42 Å². The zero-order chi connectivity index (χ0) is 10.8. The van der Waals surface area contributed by atoms with Gasteiger partial charge in [-0.15, -0.1) is 0 Å². The summed E-state index contributed by atoms with van der Waals surface area (Å²) in [6, 6.07) is 1.86. The monoisotopic (exact) mass is 220 g/mol. The maximum Gasteiger partial charge on any atom is 0.142 e. The fourth-order valence-corrected chi connectivity index (χ4v) is 1.68. The minimum Gasteiger partial charge on any atom is -0.472 e. The number of H-pyrrole nitrogens is 1. The van der Waals surface area contributed by atoms with Crippen molar-refractivity contribution in [3.8, 4) is 11.4 Å². The maximum absolute atomic E-state index is 5.21. The van der Waals surface area contributed by atoms with Crippen LogP contribution < -0.4 is 0 Å². The summed E-state index contributed by atoms with van der Waals surface area (Å²) in [4.78, 5) is 7.59. The molecule has 0 fully saturated rings. The molecule has 2 aromatic rings. The molecule has 0 aliphatic heterocycles. The van der Waals surface area contributed by atoms with Crippen LogP contribution in [0.15, 0.2) is 23.0 Å². The number of hydrogen-bond donors (Lipinski definition) is 1. The highest BCUT2D eigenvalue weighted by Gasteiger charge is 2.05. The molecule has 2 aromatic heterocycles. The lowest BCUT2D eigenvalue weighted by atomic mass is 10.2. The molecule has 3 nitrogen and oxygen atoms in total. The summed E-state index contributed by atoms with van der Waals surface area (Å²) in [5, 5.41) is 0. The molecule has 0 unspecified atom stereocenters. The van der Waals surface area contributed by atoms with Crippen LogP contribution in [0.2, 0.25) is 0 Å². The Bertz CT molecular complexity index is 514. The van der Waals surface area contributed by atoms with Gasteiger partial charge in [-0.1, -0.05) is 19.1 Å². The van der Waals surface area contributed by atoms with E-state index in [-0.39, 0.29) is 0 Å². The fraction of sp³-hybridized carbons (Fsp3) is 0.273. The van der Waals surface area contributed by atoms with Crippen molar-refractivity contribution in [2.45, 2.75) is 20.3 Å². The number of aromatic amines is 1. The first kappa shape index (κ1) is 10.1. The zero-order valence-electron chi connectivity index (χ0n) is 8.70. The lowest BCUT2D eigenvalue weighted by molar-refractivity contribution is 0.568. The number of hydrogen-bond acceptors (Lipinski definition) is 3. The number of nitrogens with one attached hydrogen (secondary N) is 1. The van der Waals surface area contributed by atoms with E-state index in [1.54, 1.807) is 12.5 Å². The second kappa shape index (κ2) is 3.98. The maximum atomic E-state index is 5.21. The van der Waals surface area contributed by atoms with Crippen LogP contribution in [0.4, 0.5) is 0 Å². The molecule has 0 aliphatic rings. The topological polar surface area (TPSA) is 41.8 Å². The summed E-state index contributed by atoms with van der Waals surface area (Å²) in [7, 11) is 0.